The first-order valence-electron chi connectivity index (χ1n) is 11.6. The highest BCUT2D eigenvalue weighted by Gasteiger charge is 2.26. The number of amides is 1. The van der Waals surface area contributed by atoms with Crippen molar-refractivity contribution < 1.29 is 14.0 Å². The van der Waals surface area contributed by atoms with Crippen molar-refractivity contribution in [1.82, 2.24) is 14.8 Å². The maximum Gasteiger partial charge on any atom is 0.254 e. The minimum Gasteiger partial charge on any atom is -0.360 e. The normalized spacial score (nSPS) is 14.4. The van der Waals surface area contributed by atoms with Crippen molar-refractivity contribution in [1.29, 1.82) is 0 Å². The zero-order valence-corrected chi connectivity index (χ0v) is 18.8. The first-order valence-corrected chi connectivity index (χ1v) is 11.6. The number of fused-ring (bicyclic) bond motifs is 1. The van der Waals surface area contributed by atoms with Gasteiger partial charge in [0.05, 0.1) is 0 Å². The van der Waals surface area contributed by atoms with E-state index in [1.807, 2.05) is 47.4 Å². The number of nitrogens with one attached hydrogen (secondary N) is 1. The Morgan fingerprint density at radius 1 is 0.824 bits per heavy atom. The Labute approximate surface area is 197 Å². The molecule has 5 nitrogen and oxygen atoms in total. The molecular weight excluding hydrogens is 429 g/mol. The topological polar surface area (TPSA) is 56.4 Å². The Balaban J connectivity index is 1.29. The Morgan fingerprint density at radius 3 is 2.29 bits per heavy atom. The Kier molecular flexibility index (Phi) is 6.23. The lowest BCUT2D eigenvalue weighted by atomic mass is 9.98. The second-order valence-corrected chi connectivity index (χ2v) is 8.64. The quantitative estimate of drug-likeness (QED) is 0.435. The van der Waals surface area contributed by atoms with Crippen LogP contribution in [0.25, 0.3) is 10.9 Å². The van der Waals surface area contributed by atoms with Gasteiger partial charge in [0, 0.05) is 66.5 Å². The van der Waals surface area contributed by atoms with Crippen LogP contribution in [0.1, 0.15) is 31.8 Å². The molecule has 0 aliphatic carbocycles. The van der Waals surface area contributed by atoms with Crippen LogP contribution in [0.2, 0.25) is 0 Å². The molecular formula is C28H26FN3O2. The Morgan fingerprint density at radius 2 is 1.56 bits per heavy atom. The smallest absolute Gasteiger partial charge is 0.254 e. The fourth-order valence-electron chi connectivity index (χ4n) is 4.57. The summed E-state index contributed by atoms with van der Waals surface area (Å²) in [5.41, 5.74) is 3.55. The lowest BCUT2D eigenvalue weighted by Gasteiger charge is -2.35. The number of hydrogen-bond donors (Lipinski definition) is 1. The van der Waals surface area contributed by atoms with E-state index < -0.39 is 0 Å². The number of hydrogen-bond acceptors (Lipinski definition) is 3. The van der Waals surface area contributed by atoms with Crippen LogP contribution in [-0.4, -0.2) is 59.2 Å². The highest BCUT2D eigenvalue weighted by molar-refractivity contribution is 6.20. The van der Waals surface area contributed by atoms with E-state index in [4.69, 9.17) is 0 Å². The fraction of sp³-hybridized carbons (Fsp3) is 0.214. The van der Waals surface area contributed by atoms with Crippen molar-refractivity contribution in [3.63, 3.8) is 0 Å². The van der Waals surface area contributed by atoms with Crippen molar-refractivity contribution in [3.05, 3.63) is 107 Å². The lowest BCUT2D eigenvalue weighted by molar-refractivity contribution is 0.0640. The second kappa shape index (κ2) is 9.61. The van der Waals surface area contributed by atoms with E-state index in [1.54, 1.807) is 24.4 Å². The summed E-state index contributed by atoms with van der Waals surface area (Å²) in [6.07, 6.45) is 2.55. The number of aromatic amines is 1. The van der Waals surface area contributed by atoms with Crippen LogP contribution in [0.5, 0.6) is 0 Å². The summed E-state index contributed by atoms with van der Waals surface area (Å²) >= 11 is 0. The number of carbonyl (C=O) groups is 2. The molecule has 3 aromatic carbocycles. The molecule has 0 spiro atoms. The molecule has 1 aromatic heterocycles. The lowest BCUT2D eigenvalue weighted by Crippen LogP contribution is -2.49. The van der Waals surface area contributed by atoms with Crippen LogP contribution in [0, 0.1) is 5.82 Å². The average Bonchev–Trinajstić information content (AvgIpc) is 3.33. The molecule has 0 atom stereocenters. The van der Waals surface area contributed by atoms with Gasteiger partial charge in [0.25, 0.3) is 5.91 Å². The molecule has 1 saturated heterocycles. The Bertz CT molecular complexity index is 1310. The average molecular weight is 456 g/mol. The van der Waals surface area contributed by atoms with Crippen LogP contribution in [0.4, 0.5) is 4.39 Å². The number of halogens is 1. The molecule has 0 radical (unpaired) electrons. The fourth-order valence-corrected chi connectivity index (χ4v) is 4.57. The molecule has 0 unspecified atom stereocenters. The van der Waals surface area contributed by atoms with Crippen LogP contribution in [-0.2, 0) is 6.42 Å². The van der Waals surface area contributed by atoms with Gasteiger partial charge in [-0.3, -0.25) is 14.5 Å². The van der Waals surface area contributed by atoms with E-state index in [2.05, 4.69) is 9.88 Å². The first kappa shape index (κ1) is 22.0. The van der Waals surface area contributed by atoms with E-state index >= 15 is 0 Å². The maximum absolute atomic E-state index is 13.5. The van der Waals surface area contributed by atoms with Crippen molar-refractivity contribution in [2.45, 2.75) is 6.42 Å². The number of aromatic nitrogens is 1. The SMILES string of the molecule is O=C(c1ccccc1)c1c[nH]c2cccc(C(=O)N3CCN(CCc4ccc(F)cc4)CC3)c12. The summed E-state index contributed by atoms with van der Waals surface area (Å²) in [5, 5.41) is 0.681. The molecule has 0 saturated carbocycles. The molecule has 6 heteroatoms. The second-order valence-electron chi connectivity index (χ2n) is 8.64. The minimum absolute atomic E-state index is 0.0505. The largest absolute Gasteiger partial charge is 0.360 e. The van der Waals surface area contributed by atoms with Gasteiger partial charge in [-0.05, 0) is 36.2 Å². The third kappa shape index (κ3) is 4.50. The summed E-state index contributed by atoms with van der Waals surface area (Å²) < 4.78 is 13.1. The third-order valence-electron chi connectivity index (χ3n) is 6.51. The number of ketones is 1. The van der Waals surface area contributed by atoms with Gasteiger partial charge in [-0.2, -0.15) is 0 Å². The molecule has 1 fully saturated rings. The van der Waals surface area contributed by atoms with Gasteiger partial charge in [-0.15, -0.1) is 0 Å². The number of rotatable bonds is 6. The van der Waals surface area contributed by atoms with Crippen molar-refractivity contribution >= 4 is 22.6 Å². The van der Waals surface area contributed by atoms with E-state index in [1.165, 1.54) is 12.1 Å². The molecule has 0 bridgehead atoms. The van der Waals surface area contributed by atoms with Gasteiger partial charge in [0.1, 0.15) is 5.82 Å². The van der Waals surface area contributed by atoms with E-state index in [0.717, 1.165) is 37.1 Å². The predicted octanol–water partition coefficient (Wildman–Crippen LogP) is 4.54. The summed E-state index contributed by atoms with van der Waals surface area (Å²) in [6.45, 7) is 3.70. The van der Waals surface area contributed by atoms with Crippen LogP contribution in [0.15, 0.2) is 79.0 Å². The molecule has 1 aliphatic rings. The predicted molar refractivity (Wildman–Crippen MR) is 131 cm³/mol. The van der Waals surface area contributed by atoms with Gasteiger partial charge in [0.15, 0.2) is 5.78 Å². The molecule has 1 N–H and O–H groups in total. The highest BCUT2D eigenvalue weighted by Crippen LogP contribution is 2.26. The van der Waals surface area contributed by atoms with Crippen molar-refractivity contribution in [2.75, 3.05) is 32.7 Å². The number of piperazine rings is 1. The third-order valence-corrected chi connectivity index (χ3v) is 6.51. The number of carbonyl (C=O) groups excluding carboxylic acids is 2. The molecule has 1 aliphatic heterocycles. The standard InChI is InChI=1S/C28H26FN3O2/c29-22-11-9-20(10-12-22)13-14-31-15-17-32(18-16-31)28(34)23-7-4-8-25-26(23)24(19-30-25)27(33)21-5-2-1-3-6-21/h1-12,19,30H,13-18H2. The van der Waals surface area contributed by atoms with Gasteiger partial charge in [-0.25, -0.2) is 4.39 Å². The van der Waals surface area contributed by atoms with Crippen molar-refractivity contribution in [3.8, 4) is 0 Å². The number of nitrogens with zero attached hydrogens (tertiary/aromatic N) is 2. The van der Waals surface area contributed by atoms with Gasteiger partial charge >= 0.3 is 0 Å². The van der Waals surface area contributed by atoms with Gasteiger partial charge in [0.2, 0.25) is 0 Å². The monoisotopic (exact) mass is 455 g/mol. The van der Waals surface area contributed by atoms with E-state index in [-0.39, 0.29) is 17.5 Å². The van der Waals surface area contributed by atoms with Crippen LogP contribution >= 0.6 is 0 Å². The van der Waals surface area contributed by atoms with Gasteiger partial charge in [-0.1, -0.05) is 48.5 Å². The highest BCUT2D eigenvalue weighted by atomic mass is 19.1. The molecule has 1 amide bonds. The minimum atomic E-state index is -0.220. The maximum atomic E-state index is 13.5. The summed E-state index contributed by atoms with van der Waals surface area (Å²) in [4.78, 5) is 34.0. The zero-order valence-electron chi connectivity index (χ0n) is 18.8. The number of benzene rings is 3. The van der Waals surface area contributed by atoms with E-state index in [0.29, 0.717) is 35.2 Å². The summed E-state index contributed by atoms with van der Waals surface area (Å²) in [6, 6.07) is 21.3. The Hall–Kier alpha value is -3.77. The summed E-state index contributed by atoms with van der Waals surface area (Å²) in [7, 11) is 0. The van der Waals surface area contributed by atoms with E-state index in [9.17, 15) is 14.0 Å². The van der Waals surface area contributed by atoms with Crippen LogP contribution < -0.4 is 0 Å². The zero-order chi connectivity index (χ0) is 23.5. The molecule has 34 heavy (non-hydrogen) atoms. The molecule has 2 heterocycles. The van der Waals surface area contributed by atoms with Crippen molar-refractivity contribution in [2.24, 2.45) is 0 Å². The molecule has 172 valence electrons. The van der Waals surface area contributed by atoms with Gasteiger partial charge < -0.3 is 9.88 Å². The summed E-state index contributed by atoms with van der Waals surface area (Å²) in [5.74, 6) is -0.370. The molecule has 4 aromatic rings. The molecule has 5 rings (SSSR count). The first-order chi connectivity index (χ1) is 16.6. The van der Waals surface area contributed by atoms with Crippen LogP contribution in [0.3, 0.4) is 0 Å². The number of H-pyrrole nitrogens is 1.